The lowest BCUT2D eigenvalue weighted by atomic mass is 9.43. The first-order valence-corrected chi connectivity index (χ1v) is 18.0. The van der Waals surface area contributed by atoms with Crippen LogP contribution < -0.4 is 0 Å². The zero-order valence-corrected chi connectivity index (χ0v) is 25.9. The lowest BCUT2D eigenvalue weighted by Gasteiger charge is -2.63. The minimum absolute atomic E-state index is 0.0158. The van der Waals surface area contributed by atoms with Gasteiger partial charge in [-0.25, -0.2) is 0 Å². The molecule has 208 valence electrons. The molecule has 0 amide bonds. The summed E-state index contributed by atoms with van der Waals surface area (Å²) in [6.07, 6.45) is 11.2. The summed E-state index contributed by atoms with van der Waals surface area (Å²) in [6, 6.07) is 0. The van der Waals surface area contributed by atoms with Crippen molar-refractivity contribution in [3.63, 3.8) is 0 Å². The Morgan fingerprint density at radius 2 is 1.67 bits per heavy atom. The fourth-order valence-corrected chi connectivity index (χ4v) is 10.4. The van der Waals surface area contributed by atoms with Gasteiger partial charge in [-0.3, -0.25) is 4.79 Å². The third-order valence-corrected chi connectivity index (χ3v) is 17.0. The van der Waals surface area contributed by atoms with Gasteiger partial charge in [0.2, 0.25) is 0 Å². The van der Waals surface area contributed by atoms with Gasteiger partial charge in [-0.15, -0.1) is 0 Å². The molecule has 4 fully saturated rings. The van der Waals surface area contributed by atoms with Crippen LogP contribution in [-0.2, 0) is 14.0 Å². The molecule has 4 aliphatic rings. The number of carbonyl (C=O) groups is 1. The Balaban J connectivity index is 1.45. The molecular formula is C31H56O4Si. The monoisotopic (exact) mass is 520 g/mol. The van der Waals surface area contributed by atoms with Crippen LogP contribution in [0.1, 0.15) is 106 Å². The van der Waals surface area contributed by atoms with E-state index in [0.29, 0.717) is 47.0 Å². The second kappa shape index (κ2) is 9.97. The van der Waals surface area contributed by atoms with E-state index in [1.165, 1.54) is 32.1 Å². The highest BCUT2D eigenvalue weighted by Crippen LogP contribution is 2.68. The van der Waals surface area contributed by atoms with Crippen LogP contribution in [0.15, 0.2) is 0 Å². The molecule has 4 saturated carbocycles. The van der Waals surface area contributed by atoms with Crippen LogP contribution in [0, 0.1) is 46.3 Å². The number of carbonyl (C=O) groups excluding carboxylic acids is 1. The third kappa shape index (κ3) is 4.88. The highest BCUT2D eigenvalue weighted by Gasteiger charge is 2.63. The summed E-state index contributed by atoms with van der Waals surface area (Å²) in [7, 11) is -0.122. The van der Waals surface area contributed by atoms with Crippen molar-refractivity contribution < 1.29 is 19.1 Å². The van der Waals surface area contributed by atoms with E-state index in [9.17, 15) is 9.90 Å². The molecule has 0 aromatic carbocycles. The summed E-state index contributed by atoms with van der Waals surface area (Å²) in [5.74, 6) is 3.92. The molecule has 4 aliphatic carbocycles. The maximum atomic E-state index is 12.8. The zero-order chi connectivity index (χ0) is 26.7. The molecule has 0 aliphatic heterocycles. The lowest BCUT2D eigenvalue weighted by Crippen LogP contribution is -2.59. The zero-order valence-electron chi connectivity index (χ0n) is 24.9. The molecule has 0 heterocycles. The minimum atomic E-state index is -2.05. The first-order chi connectivity index (χ1) is 16.6. The molecule has 36 heavy (non-hydrogen) atoms. The van der Waals surface area contributed by atoms with Gasteiger partial charge in [0.25, 0.3) is 14.3 Å². The van der Waals surface area contributed by atoms with Gasteiger partial charge in [-0.05, 0) is 122 Å². The molecule has 0 radical (unpaired) electrons. The van der Waals surface area contributed by atoms with Crippen LogP contribution in [0.3, 0.4) is 0 Å². The standard InChI is InChI=1S/C31H56O4Si/c1-20(10-13-27(33)35-36(8,9)29(2,3)4)23-11-12-24-28-25(15-17-31(23,24)6)30(5)16-14-22(32)18-21(30)19-26(28)34-7/h20-26,28,32H,10-19H2,1-9H3/t20-,21+,22-,23-,24+,25+,26+,28+,30+,31-/m1/s1. The van der Waals surface area contributed by atoms with Crippen molar-refractivity contribution in [1.82, 2.24) is 0 Å². The molecule has 1 N–H and O–H groups in total. The maximum Gasteiger partial charge on any atom is 0.292 e. The highest BCUT2D eigenvalue weighted by molar-refractivity contribution is 6.75. The van der Waals surface area contributed by atoms with Crippen molar-refractivity contribution in [1.29, 1.82) is 0 Å². The van der Waals surface area contributed by atoms with Gasteiger partial charge in [0.15, 0.2) is 0 Å². The number of ether oxygens (including phenoxy) is 1. The van der Waals surface area contributed by atoms with E-state index in [1.807, 2.05) is 7.11 Å². The number of fused-ring (bicyclic) bond motifs is 5. The van der Waals surface area contributed by atoms with Crippen molar-refractivity contribution in [2.45, 2.75) is 136 Å². The molecule has 4 rings (SSSR count). The molecular weight excluding hydrogens is 464 g/mol. The predicted octanol–water partition coefficient (Wildman–Crippen LogP) is 7.60. The largest absolute Gasteiger partial charge is 0.519 e. The van der Waals surface area contributed by atoms with Gasteiger partial charge in [0, 0.05) is 13.5 Å². The molecule has 4 nitrogen and oxygen atoms in total. The lowest BCUT2D eigenvalue weighted by molar-refractivity contribution is -0.181. The van der Waals surface area contributed by atoms with Crippen LogP contribution in [0.2, 0.25) is 18.1 Å². The molecule has 10 atom stereocenters. The molecule has 0 unspecified atom stereocenters. The van der Waals surface area contributed by atoms with Crippen LogP contribution in [-0.4, -0.2) is 38.7 Å². The average Bonchev–Trinajstić information content (AvgIpc) is 3.13. The summed E-state index contributed by atoms with van der Waals surface area (Å²) in [5, 5.41) is 10.5. The summed E-state index contributed by atoms with van der Waals surface area (Å²) in [5.41, 5.74) is 0.704. The molecule has 0 aromatic heterocycles. The number of hydrogen-bond acceptors (Lipinski definition) is 4. The number of aliphatic hydroxyl groups is 1. The van der Waals surface area contributed by atoms with Crippen LogP contribution >= 0.6 is 0 Å². The van der Waals surface area contributed by atoms with E-state index >= 15 is 0 Å². The molecule has 0 saturated heterocycles. The SMILES string of the molecule is CO[C@H]1C[C@@H]2C[C@H](O)CC[C@]2(C)[C@H]2CC[C@]3(C)[C@@H]([C@H](C)CCC(=O)O[Si](C)(C)C(C)(C)C)CC[C@H]3[C@H]12. The Kier molecular flexibility index (Phi) is 7.93. The van der Waals surface area contributed by atoms with E-state index in [1.54, 1.807) is 0 Å². The van der Waals surface area contributed by atoms with Crippen LogP contribution in [0.4, 0.5) is 0 Å². The predicted molar refractivity (Wildman–Crippen MR) is 149 cm³/mol. The summed E-state index contributed by atoms with van der Waals surface area (Å²) < 4.78 is 12.3. The average molecular weight is 521 g/mol. The minimum Gasteiger partial charge on any atom is -0.519 e. The summed E-state index contributed by atoms with van der Waals surface area (Å²) in [6.45, 7) is 18.5. The molecule has 0 aromatic rings. The number of methoxy groups -OCH3 is 1. The Morgan fingerprint density at radius 3 is 2.31 bits per heavy atom. The molecule has 0 bridgehead atoms. The Morgan fingerprint density at radius 1 is 1.03 bits per heavy atom. The van der Waals surface area contributed by atoms with E-state index in [2.05, 4.69) is 54.6 Å². The van der Waals surface area contributed by atoms with Gasteiger partial charge in [-0.1, -0.05) is 41.5 Å². The molecule has 0 spiro atoms. The second-order valence-electron chi connectivity index (χ2n) is 15.4. The fraction of sp³-hybridized carbons (Fsp3) is 0.968. The Hall–Kier alpha value is -0.393. The maximum absolute atomic E-state index is 12.8. The van der Waals surface area contributed by atoms with Crippen molar-refractivity contribution in [3.05, 3.63) is 0 Å². The normalized spacial score (nSPS) is 43.8. The second-order valence-corrected chi connectivity index (χ2v) is 20.1. The highest BCUT2D eigenvalue weighted by atomic mass is 28.4. The van der Waals surface area contributed by atoms with Gasteiger partial charge in [0.05, 0.1) is 12.2 Å². The van der Waals surface area contributed by atoms with Crippen molar-refractivity contribution >= 4 is 14.3 Å². The number of aliphatic hydroxyl groups excluding tert-OH is 1. The molecule has 5 heteroatoms. The van der Waals surface area contributed by atoms with Gasteiger partial charge >= 0.3 is 0 Å². The van der Waals surface area contributed by atoms with Gasteiger partial charge in [-0.2, -0.15) is 0 Å². The van der Waals surface area contributed by atoms with E-state index in [0.717, 1.165) is 37.5 Å². The van der Waals surface area contributed by atoms with Crippen LogP contribution in [0.5, 0.6) is 0 Å². The van der Waals surface area contributed by atoms with Gasteiger partial charge in [0.1, 0.15) is 0 Å². The van der Waals surface area contributed by atoms with Crippen molar-refractivity contribution in [3.8, 4) is 0 Å². The van der Waals surface area contributed by atoms with Crippen LogP contribution in [0.25, 0.3) is 0 Å². The summed E-state index contributed by atoms with van der Waals surface area (Å²) in [4.78, 5) is 12.8. The van der Waals surface area contributed by atoms with E-state index in [4.69, 9.17) is 9.16 Å². The number of rotatable bonds is 6. The number of hydrogen-bond donors (Lipinski definition) is 1. The van der Waals surface area contributed by atoms with E-state index < -0.39 is 8.32 Å². The topological polar surface area (TPSA) is 55.8 Å². The first kappa shape index (κ1) is 28.6. The third-order valence-electron chi connectivity index (χ3n) is 12.7. The van der Waals surface area contributed by atoms with Gasteiger partial charge < -0.3 is 14.3 Å². The van der Waals surface area contributed by atoms with Crippen molar-refractivity contribution in [2.24, 2.45) is 46.3 Å². The first-order valence-electron chi connectivity index (χ1n) is 15.1. The smallest absolute Gasteiger partial charge is 0.292 e. The van der Waals surface area contributed by atoms with E-state index in [-0.39, 0.29) is 17.1 Å². The Bertz CT molecular complexity index is 805. The quantitative estimate of drug-likeness (QED) is 0.366. The summed E-state index contributed by atoms with van der Waals surface area (Å²) >= 11 is 0. The fourth-order valence-electron chi connectivity index (χ4n) is 9.44. The van der Waals surface area contributed by atoms with Crippen molar-refractivity contribution in [2.75, 3.05) is 7.11 Å². The Labute approximate surface area is 222 Å².